The number of hydrogen-bond acceptors (Lipinski definition) is 15. The van der Waals surface area contributed by atoms with Crippen molar-refractivity contribution in [2.75, 3.05) is 77.5 Å². The second kappa shape index (κ2) is 21.7. The number of esters is 1. The van der Waals surface area contributed by atoms with Crippen LogP contribution >= 0.6 is 11.3 Å². The minimum absolute atomic E-state index is 0.0526. The van der Waals surface area contributed by atoms with Crippen molar-refractivity contribution in [3.63, 3.8) is 0 Å². The molecule has 0 amide bonds. The van der Waals surface area contributed by atoms with E-state index in [0.29, 0.717) is 78.4 Å². The second-order valence-corrected chi connectivity index (χ2v) is 12.2. The first kappa shape index (κ1) is 42.7. The number of aromatic carboxylic acids is 3. The molecular formula is C36H39N5O12S. The highest BCUT2D eigenvalue weighted by Crippen LogP contribution is 2.36. The maximum Gasteiger partial charge on any atom is 0.339 e. The highest BCUT2D eigenvalue weighted by molar-refractivity contribution is 7.16. The quantitative estimate of drug-likeness (QED) is 0.0623. The van der Waals surface area contributed by atoms with Gasteiger partial charge < -0.3 is 43.9 Å². The first-order chi connectivity index (χ1) is 25.9. The summed E-state index contributed by atoms with van der Waals surface area (Å²) < 4.78 is 27.0. The van der Waals surface area contributed by atoms with Crippen molar-refractivity contribution in [3.05, 3.63) is 74.2 Å². The molecule has 0 aliphatic carbocycles. The first-order valence-corrected chi connectivity index (χ1v) is 17.3. The van der Waals surface area contributed by atoms with Gasteiger partial charge in [-0.05, 0) is 62.2 Å². The number of hydrogen-bond donors (Lipinski definition) is 3. The highest BCUT2D eigenvalue weighted by Gasteiger charge is 2.26. The molecule has 54 heavy (non-hydrogen) atoms. The number of nitrogens with zero attached hydrogens (tertiary/aromatic N) is 5. The molecule has 0 bridgehead atoms. The smallest absolute Gasteiger partial charge is 0.339 e. The molecule has 0 aliphatic rings. The van der Waals surface area contributed by atoms with Gasteiger partial charge in [0.1, 0.15) is 23.6 Å². The number of nitriles is 2. The number of azo groups is 1. The van der Waals surface area contributed by atoms with Crippen LogP contribution in [0.15, 0.2) is 40.6 Å². The summed E-state index contributed by atoms with van der Waals surface area (Å²) in [5.74, 6) is -6.07. The van der Waals surface area contributed by atoms with Gasteiger partial charge in [-0.1, -0.05) is 0 Å². The van der Waals surface area contributed by atoms with Gasteiger partial charge in [0.25, 0.3) is 0 Å². The third-order valence-corrected chi connectivity index (χ3v) is 8.75. The molecule has 1 heterocycles. The largest absolute Gasteiger partial charge is 0.478 e. The van der Waals surface area contributed by atoms with Gasteiger partial charge in [0.2, 0.25) is 0 Å². The Bertz CT molecular complexity index is 1930. The minimum atomic E-state index is -1.66. The molecule has 0 unspecified atom stereocenters. The number of rotatable bonds is 23. The molecule has 2 aromatic carbocycles. The third kappa shape index (κ3) is 12.2. The summed E-state index contributed by atoms with van der Waals surface area (Å²) in [6.45, 7) is 9.08. The molecule has 0 spiro atoms. The van der Waals surface area contributed by atoms with Crippen molar-refractivity contribution < 1.29 is 58.2 Å². The van der Waals surface area contributed by atoms with Crippen LogP contribution in [0.4, 0.5) is 16.4 Å². The molecule has 286 valence electrons. The van der Waals surface area contributed by atoms with E-state index in [-0.39, 0.29) is 26.4 Å². The van der Waals surface area contributed by atoms with Crippen LogP contribution in [0.2, 0.25) is 0 Å². The minimum Gasteiger partial charge on any atom is -0.478 e. The van der Waals surface area contributed by atoms with Crippen molar-refractivity contribution >= 4 is 51.6 Å². The fraction of sp³-hybridized carbons (Fsp3) is 0.389. The lowest BCUT2D eigenvalue weighted by Crippen LogP contribution is -2.27. The molecule has 17 nitrogen and oxygen atoms in total. The lowest BCUT2D eigenvalue weighted by atomic mass is 9.98. The number of likely N-dealkylation sites (N-methyl/N-ethyl adjacent to an activating group) is 1. The van der Waals surface area contributed by atoms with Gasteiger partial charge in [-0.25, -0.2) is 19.2 Å². The number of ether oxygens (including phenoxy) is 5. The van der Waals surface area contributed by atoms with E-state index >= 15 is 0 Å². The molecule has 0 aliphatic heterocycles. The Morgan fingerprint density at radius 2 is 1.24 bits per heavy atom. The molecule has 3 aromatic rings. The first-order valence-electron chi connectivity index (χ1n) is 16.5. The second-order valence-electron chi connectivity index (χ2n) is 11.2. The zero-order valence-corrected chi connectivity index (χ0v) is 30.6. The number of thiophene rings is 1. The van der Waals surface area contributed by atoms with Crippen LogP contribution in [-0.2, 0) is 23.7 Å². The SMILES string of the molecule is CCN(CCOCCOCCOCCOCCOC(=O)c1cc(C(=O)O)c(C(=O)O)cc1C(=O)O)c1ccc(/N=N/c2sc(C#N)c(C)c2C#N)c(C)c1. The number of carboxylic acid groups (broad SMARTS) is 3. The number of carboxylic acids is 3. The summed E-state index contributed by atoms with van der Waals surface area (Å²) in [6, 6.07) is 11.3. The predicted octanol–water partition coefficient (Wildman–Crippen LogP) is 5.37. The Morgan fingerprint density at radius 1 is 0.722 bits per heavy atom. The molecule has 0 atom stereocenters. The van der Waals surface area contributed by atoms with Crippen molar-refractivity contribution in [2.45, 2.75) is 20.8 Å². The van der Waals surface area contributed by atoms with E-state index in [2.05, 4.69) is 27.3 Å². The summed E-state index contributed by atoms with van der Waals surface area (Å²) in [4.78, 5) is 49.3. The highest BCUT2D eigenvalue weighted by atomic mass is 32.1. The van der Waals surface area contributed by atoms with Crippen LogP contribution in [-0.4, -0.2) is 112 Å². The molecule has 3 N–H and O–H groups in total. The van der Waals surface area contributed by atoms with Crippen molar-refractivity contribution in [3.8, 4) is 12.1 Å². The topological polar surface area (TPSA) is 251 Å². The zero-order valence-electron chi connectivity index (χ0n) is 29.8. The van der Waals surface area contributed by atoms with Crippen molar-refractivity contribution in [1.29, 1.82) is 10.5 Å². The molecule has 0 saturated heterocycles. The van der Waals surface area contributed by atoms with E-state index in [1.807, 2.05) is 32.0 Å². The third-order valence-electron chi connectivity index (χ3n) is 7.67. The lowest BCUT2D eigenvalue weighted by molar-refractivity contribution is -0.00848. The predicted molar refractivity (Wildman–Crippen MR) is 193 cm³/mol. The van der Waals surface area contributed by atoms with Crippen LogP contribution in [0.5, 0.6) is 0 Å². The summed E-state index contributed by atoms with van der Waals surface area (Å²) in [5, 5.41) is 55.5. The zero-order chi connectivity index (χ0) is 39.6. The standard InChI is InChI=1S/C36H39N5O12S/c1-4-41(24-5-6-30(22(2)17-24)39-40-32-29(20-37)23(3)31(21-38)54-32)7-8-49-9-10-50-11-12-51-13-14-52-15-16-53-36(48)28-19-26(34(44)45)25(33(42)43)18-27(28)35(46)47/h5-6,17-19H,4,7-16H2,1-3H3,(H,42,43)(H,44,45)(H,46,47)/b40-39+. The van der Waals surface area contributed by atoms with Gasteiger partial charge in [0, 0.05) is 18.8 Å². The van der Waals surface area contributed by atoms with Gasteiger partial charge in [-0.15, -0.1) is 21.6 Å². The molecule has 18 heteroatoms. The maximum absolute atomic E-state index is 12.4. The number of aryl methyl sites for hydroxylation is 1. The van der Waals surface area contributed by atoms with E-state index in [9.17, 15) is 45.0 Å². The van der Waals surface area contributed by atoms with Crippen LogP contribution in [0.3, 0.4) is 0 Å². The van der Waals surface area contributed by atoms with Crippen LogP contribution in [0, 0.1) is 36.5 Å². The van der Waals surface area contributed by atoms with Crippen LogP contribution in [0.25, 0.3) is 0 Å². The Morgan fingerprint density at radius 3 is 1.74 bits per heavy atom. The maximum atomic E-state index is 12.4. The van der Waals surface area contributed by atoms with Gasteiger partial charge in [-0.3, -0.25) is 0 Å². The van der Waals surface area contributed by atoms with Crippen molar-refractivity contribution in [2.24, 2.45) is 10.2 Å². The van der Waals surface area contributed by atoms with E-state index in [0.717, 1.165) is 29.1 Å². The monoisotopic (exact) mass is 765 g/mol. The molecule has 0 fully saturated rings. The number of carbonyl (C=O) groups is 4. The lowest BCUT2D eigenvalue weighted by Gasteiger charge is -2.23. The molecule has 3 rings (SSSR count). The summed E-state index contributed by atoms with van der Waals surface area (Å²) >= 11 is 1.14. The van der Waals surface area contributed by atoms with E-state index in [1.165, 1.54) is 0 Å². The van der Waals surface area contributed by atoms with Crippen LogP contribution < -0.4 is 4.90 Å². The molecule has 1 aromatic heterocycles. The Kier molecular flexibility index (Phi) is 17.1. The van der Waals surface area contributed by atoms with Gasteiger partial charge >= 0.3 is 23.9 Å². The molecule has 0 radical (unpaired) electrons. The molecule has 0 saturated carbocycles. The summed E-state index contributed by atoms with van der Waals surface area (Å²) in [6.07, 6.45) is 0. The summed E-state index contributed by atoms with van der Waals surface area (Å²) in [7, 11) is 0. The summed E-state index contributed by atoms with van der Waals surface area (Å²) in [5.41, 5.74) is 0.724. The van der Waals surface area contributed by atoms with Gasteiger partial charge in [0.15, 0.2) is 5.00 Å². The van der Waals surface area contributed by atoms with Crippen LogP contribution in [0.1, 0.15) is 69.9 Å². The van der Waals surface area contributed by atoms with Gasteiger partial charge in [0.05, 0.1) is 86.4 Å². The van der Waals surface area contributed by atoms with E-state index in [1.54, 1.807) is 6.92 Å². The Labute approximate surface area is 314 Å². The van der Waals surface area contributed by atoms with E-state index in [4.69, 9.17) is 23.7 Å². The number of benzene rings is 2. The number of anilines is 1. The normalized spacial score (nSPS) is 10.9. The Hall–Kier alpha value is -5.76. The number of carbonyl (C=O) groups excluding carboxylic acids is 1. The average molecular weight is 766 g/mol. The van der Waals surface area contributed by atoms with Crippen molar-refractivity contribution in [1.82, 2.24) is 0 Å². The fourth-order valence-electron chi connectivity index (χ4n) is 4.83. The fourth-order valence-corrected chi connectivity index (χ4v) is 5.71. The van der Waals surface area contributed by atoms with E-state index < -0.39 is 46.1 Å². The molecular weight excluding hydrogens is 726 g/mol. The van der Waals surface area contributed by atoms with Gasteiger partial charge in [-0.2, -0.15) is 10.5 Å². The Balaban J connectivity index is 1.26. The average Bonchev–Trinajstić information content (AvgIpc) is 3.46.